The van der Waals surface area contributed by atoms with Crippen molar-refractivity contribution in [1.82, 2.24) is 0 Å². The molecule has 2 nitrogen and oxygen atoms in total. The van der Waals surface area contributed by atoms with Gasteiger partial charge < -0.3 is 0 Å². The van der Waals surface area contributed by atoms with Crippen LogP contribution < -0.4 is 0 Å². The lowest BCUT2D eigenvalue weighted by Crippen LogP contribution is -1.77. The normalized spacial score (nSPS) is 17.9. The Morgan fingerprint density at radius 3 is 2.43 bits per heavy atom. The number of allylic oxidation sites excluding steroid dienone is 1. The van der Waals surface area contributed by atoms with Gasteiger partial charge >= 0.3 is 0 Å². The minimum atomic E-state index is -0.188. The van der Waals surface area contributed by atoms with Gasteiger partial charge in [0.2, 0.25) is 0 Å². The lowest BCUT2D eigenvalue weighted by molar-refractivity contribution is -0.113. The summed E-state index contributed by atoms with van der Waals surface area (Å²) in [6.07, 6.45) is 3.02. The van der Waals surface area contributed by atoms with Crippen molar-refractivity contribution >= 4 is 26.5 Å². The molecule has 0 unspecified atom stereocenters. The molecule has 0 aromatic rings. The van der Waals surface area contributed by atoms with Crippen LogP contribution in [0.2, 0.25) is 0 Å². The third-order valence-electron chi connectivity index (χ3n) is 0.580. The first-order valence-corrected chi connectivity index (χ1v) is 2.54. The summed E-state index contributed by atoms with van der Waals surface area (Å²) in [5.41, 5.74) is 0. The maximum atomic E-state index is 10.1. The van der Waals surface area contributed by atoms with E-state index in [1.54, 1.807) is 6.08 Å². The van der Waals surface area contributed by atoms with Crippen LogP contribution in [0.1, 0.15) is 0 Å². The number of carbonyl (C=O) groups is 1. The fraction of sp³-hybridized carbons (Fsp3) is 0. The van der Waals surface area contributed by atoms with E-state index in [2.05, 4.69) is 20.9 Å². The Balaban J connectivity index is 2.88. The summed E-state index contributed by atoms with van der Waals surface area (Å²) in [6, 6.07) is 0. The Morgan fingerprint density at radius 1 is 1.57 bits per heavy atom. The third kappa shape index (κ3) is 0.962. The van der Waals surface area contributed by atoms with E-state index < -0.39 is 0 Å². The van der Waals surface area contributed by atoms with E-state index in [-0.39, 0.29) is 5.91 Å². The number of halogens is 1. The number of nitrogens with zero attached hydrogens (tertiary/aromatic N) is 1. The average Bonchev–Trinajstić information content (AvgIpc) is 1.87. The van der Waals surface area contributed by atoms with Crippen molar-refractivity contribution in [3.8, 4) is 0 Å². The van der Waals surface area contributed by atoms with Gasteiger partial charge in [-0.2, -0.15) is 0 Å². The zero-order valence-corrected chi connectivity index (χ0v) is 4.97. The van der Waals surface area contributed by atoms with Gasteiger partial charge in [0.15, 0.2) is 0 Å². The van der Waals surface area contributed by atoms with Crippen molar-refractivity contribution in [2.24, 2.45) is 4.99 Å². The molecule has 0 saturated heterocycles. The predicted octanol–water partition coefficient (Wildman–Crippen LogP) is 0.876. The molecule has 0 saturated carbocycles. The maximum Gasteiger partial charge on any atom is 0.270 e. The molecule has 0 fully saturated rings. The largest absolute Gasteiger partial charge is 0.270 e. The molecule has 0 aromatic heterocycles. The SMILES string of the molecule is O=C1C=CC(Br)=N1. The number of carbonyl (C=O) groups excluding carboxylic acids is 1. The molecule has 3 heteroatoms. The van der Waals surface area contributed by atoms with Gasteiger partial charge in [-0.05, 0) is 22.0 Å². The first-order valence-electron chi connectivity index (χ1n) is 1.75. The Hall–Kier alpha value is -0.440. The molecule has 1 amide bonds. The number of hydrogen-bond donors (Lipinski definition) is 0. The van der Waals surface area contributed by atoms with Crippen molar-refractivity contribution in [2.45, 2.75) is 0 Å². The molecule has 0 aliphatic carbocycles. The molecule has 0 spiro atoms. The monoisotopic (exact) mass is 159 g/mol. The summed E-state index contributed by atoms with van der Waals surface area (Å²) in [5.74, 6) is -0.188. The minimum Gasteiger partial charge on any atom is -0.267 e. The average molecular weight is 160 g/mol. The molecule has 1 rings (SSSR count). The van der Waals surface area contributed by atoms with Crippen LogP contribution in [0.3, 0.4) is 0 Å². The molecule has 0 atom stereocenters. The van der Waals surface area contributed by atoms with E-state index in [9.17, 15) is 4.79 Å². The van der Waals surface area contributed by atoms with Crippen LogP contribution in [0.5, 0.6) is 0 Å². The zero-order valence-electron chi connectivity index (χ0n) is 3.39. The predicted molar refractivity (Wildman–Crippen MR) is 30.5 cm³/mol. The van der Waals surface area contributed by atoms with Crippen LogP contribution in [-0.2, 0) is 4.79 Å². The lowest BCUT2D eigenvalue weighted by Gasteiger charge is -1.69. The number of amides is 1. The summed E-state index contributed by atoms with van der Waals surface area (Å²) in [7, 11) is 0. The van der Waals surface area contributed by atoms with Crippen molar-refractivity contribution in [3.63, 3.8) is 0 Å². The quantitative estimate of drug-likeness (QED) is 0.517. The fourth-order valence-corrected chi connectivity index (χ4v) is 0.627. The Kier molecular flexibility index (Phi) is 1.06. The molecule has 0 aromatic carbocycles. The van der Waals surface area contributed by atoms with Gasteiger partial charge in [-0.15, -0.1) is 0 Å². The third-order valence-corrected chi connectivity index (χ3v) is 1.02. The molecule has 0 N–H and O–H groups in total. The standard InChI is InChI=1S/C4H2BrNO/c5-3-1-2-4(7)6-3/h1-2H. The van der Waals surface area contributed by atoms with Crippen LogP contribution in [0.15, 0.2) is 17.1 Å². The van der Waals surface area contributed by atoms with Gasteiger partial charge in [0.1, 0.15) is 4.62 Å². The summed E-state index contributed by atoms with van der Waals surface area (Å²) < 4.78 is 0.609. The number of aliphatic imine (C=N–C) groups is 1. The smallest absolute Gasteiger partial charge is 0.267 e. The molecular weight excluding hydrogens is 158 g/mol. The first-order chi connectivity index (χ1) is 3.29. The topological polar surface area (TPSA) is 29.4 Å². The van der Waals surface area contributed by atoms with Crippen molar-refractivity contribution in [2.75, 3.05) is 0 Å². The van der Waals surface area contributed by atoms with E-state index in [4.69, 9.17) is 0 Å². The second-order valence-corrected chi connectivity index (χ2v) is 1.92. The lowest BCUT2D eigenvalue weighted by atomic mass is 10.6. The molecule has 1 aliphatic heterocycles. The van der Waals surface area contributed by atoms with Gasteiger partial charge in [-0.1, -0.05) is 0 Å². The highest BCUT2D eigenvalue weighted by Crippen LogP contribution is 1.99. The second-order valence-electron chi connectivity index (χ2n) is 1.11. The van der Waals surface area contributed by atoms with E-state index in [1.807, 2.05) is 0 Å². The highest BCUT2D eigenvalue weighted by Gasteiger charge is 1.99. The molecule has 0 radical (unpaired) electrons. The van der Waals surface area contributed by atoms with Crippen LogP contribution in [0, 0.1) is 0 Å². The van der Waals surface area contributed by atoms with E-state index in [0.29, 0.717) is 4.62 Å². The van der Waals surface area contributed by atoms with Gasteiger partial charge in [0.25, 0.3) is 5.91 Å². The van der Waals surface area contributed by atoms with Crippen LogP contribution in [0.25, 0.3) is 0 Å². The first kappa shape index (κ1) is 4.71. The summed E-state index contributed by atoms with van der Waals surface area (Å²) in [4.78, 5) is 13.6. The van der Waals surface area contributed by atoms with Crippen LogP contribution in [-0.4, -0.2) is 10.5 Å². The van der Waals surface area contributed by atoms with Crippen molar-refractivity contribution in [1.29, 1.82) is 0 Å². The second kappa shape index (κ2) is 1.58. The van der Waals surface area contributed by atoms with Gasteiger partial charge in [0.05, 0.1) is 0 Å². The zero-order chi connectivity index (χ0) is 5.28. The highest BCUT2D eigenvalue weighted by atomic mass is 79.9. The van der Waals surface area contributed by atoms with E-state index in [0.717, 1.165) is 0 Å². The summed E-state index contributed by atoms with van der Waals surface area (Å²) in [6.45, 7) is 0. The fourth-order valence-electron chi connectivity index (χ4n) is 0.320. The van der Waals surface area contributed by atoms with E-state index in [1.165, 1.54) is 6.08 Å². The molecule has 7 heavy (non-hydrogen) atoms. The number of hydrogen-bond acceptors (Lipinski definition) is 1. The van der Waals surface area contributed by atoms with Gasteiger partial charge in [-0.3, -0.25) is 4.79 Å². The highest BCUT2D eigenvalue weighted by molar-refractivity contribution is 9.18. The van der Waals surface area contributed by atoms with Crippen LogP contribution in [0.4, 0.5) is 0 Å². The molecule has 1 aliphatic rings. The van der Waals surface area contributed by atoms with Gasteiger partial charge in [0, 0.05) is 6.08 Å². The molecular formula is C4H2BrNO. The molecule has 36 valence electrons. The van der Waals surface area contributed by atoms with Gasteiger partial charge in [-0.25, -0.2) is 4.99 Å². The van der Waals surface area contributed by atoms with Crippen molar-refractivity contribution in [3.05, 3.63) is 12.2 Å². The summed E-state index contributed by atoms with van der Waals surface area (Å²) in [5, 5.41) is 0. The number of rotatable bonds is 0. The van der Waals surface area contributed by atoms with E-state index >= 15 is 0 Å². The maximum absolute atomic E-state index is 10.1. The molecule has 0 bridgehead atoms. The molecule has 1 heterocycles. The Morgan fingerprint density at radius 2 is 2.29 bits per heavy atom. The van der Waals surface area contributed by atoms with Crippen LogP contribution >= 0.6 is 15.9 Å². The Bertz CT molecular complexity index is 159. The summed E-state index contributed by atoms with van der Waals surface area (Å²) >= 11 is 3.02. The minimum absolute atomic E-state index is 0.188. The Labute approximate surface area is 49.1 Å². The van der Waals surface area contributed by atoms with Crippen molar-refractivity contribution < 1.29 is 4.79 Å².